The lowest BCUT2D eigenvalue weighted by molar-refractivity contribution is -0.120. The van der Waals surface area contributed by atoms with Crippen LogP contribution in [0.4, 0.5) is 0 Å². The van der Waals surface area contributed by atoms with Crippen LogP contribution in [0.5, 0.6) is 0 Å². The lowest BCUT2D eigenvalue weighted by atomic mass is 10.2. The van der Waals surface area contributed by atoms with Crippen molar-refractivity contribution in [3.63, 3.8) is 0 Å². The molecule has 102 valence electrons. The van der Waals surface area contributed by atoms with Gasteiger partial charge in [0.05, 0.1) is 17.1 Å². The number of hydrogen-bond donors (Lipinski definition) is 1. The van der Waals surface area contributed by atoms with Crippen molar-refractivity contribution < 1.29 is 4.79 Å². The van der Waals surface area contributed by atoms with Crippen LogP contribution < -0.4 is 5.32 Å². The highest BCUT2D eigenvalue weighted by Crippen LogP contribution is 2.11. The molecule has 2 aromatic rings. The molecule has 2 rings (SSSR count). The van der Waals surface area contributed by atoms with Crippen LogP contribution in [0.2, 0.25) is 5.02 Å². The van der Waals surface area contributed by atoms with Crippen LogP contribution in [0.1, 0.15) is 31.9 Å². The van der Waals surface area contributed by atoms with E-state index in [1.165, 1.54) is 0 Å². The van der Waals surface area contributed by atoms with E-state index in [0.29, 0.717) is 11.4 Å². The first kappa shape index (κ1) is 13.9. The van der Waals surface area contributed by atoms with E-state index in [2.05, 4.69) is 17.2 Å². The minimum Gasteiger partial charge on any atom is -0.356 e. The highest BCUT2D eigenvalue weighted by atomic mass is 35.5. The minimum atomic E-state index is 0.0191. The van der Waals surface area contributed by atoms with Gasteiger partial charge in [0.15, 0.2) is 0 Å². The van der Waals surface area contributed by atoms with E-state index in [-0.39, 0.29) is 5.91 Å². The zero-order chi connectivity index (χ0) is 13.7. The molecule has 0 aromatic carbocycles. The van der Waals surface area contributed by atoms with Crippen molar-refractivity contribution in [2.45, 2.75) is 32.6 Å². The Morgan fingerprint density at radius 3 is 3.00 bits per heavy atom. The summed E-state index contributed by atoms with van der Waals surface area (Å²) in [6.45, 7) is 2.88. The van der Waals surface area contributed by atoms with Crippen LogP contribution >= 0.6 is 11.6 Å². The van der Waals surface area contributed by atoms with Gasteiger partial charge in [-0.25, -0.2) is 4.98 Å². The van der Waals surface area contributed by atoms with E-state index in [4.69, 9.17) is 11.6 Å². The first-order valence-corrected chi connectivity index (χ1v) is 6.96. The number of nitrogens with one attached hydrogen (secondary N) is 1. The number of amides is 1. The average molecular weight is 280 g/mol. The SMILES string of the molecule is CCCCCNC(=O)Cc1cn2cc(Cl)ccc2n1. The molecule has 0 unspecified atom stereocenters. The van der Waals surface area contributed by atoms with Gasteiger partial charge in [0.25, 0.3) is 0 Å². The van der Waals surface area contributed by atoms with Crippen molar-refractivity contribution >= 4 is 23.2 Å². The zero-order valence-corrected chi connectivity index (χ0v) is 11.8. The van der Waals surface area contributed by atoms with E-state index in [9.17, 15) is 4.79 Å². The summed E-state index contributed by atoms with van der Waals surface area (Å²) in [5.74, 6) is 0.0191. The first-order valence-electron chi connectivity index (χ1n) is 6.59. The van der Waals surface area contributed by atoms with Gasteiger partial charge >= 0.3 is 0 Å². The Kier molecular flexibility index (Phi) is 4.80. The zero-order valence-electron chi connectivity index (χ0n) is 11.0. The number of fused-ring (bicyclic) bond motifs is 1. The summed E-state index contributed by atoms with van der Waals surface area (Å²) >= 11 is 5.90. The summed E-state index contributed by atoms with van der Waals surface area (Å²) in [5.41, 5.74) is 1.56. The molecular weight excluding hydrogens is 262 g/mol. The molecule has 0 aliphatic heterocycles. The molecule has 0 fully saturated rings. The van der Waals surface area contributed by atoms with Crippen LogP contribution in [0.15, 0.2) is 24.5 Å². The van der Waals surface area contributed by atoms with E-state index in [0.717, 1.165) is 37.1 Å². The van der Waals surface area contributed by atoms with Gasteiger partial charge in [-0.1, -0.05) is 31.4 Å². The summed E-state index contributed by atoms with van der Waals surface area (Å²) in [6, 6.07) is 3.63. The van der Waals surface area contributed by atoms with Gasteiger partial charge < -0.3 is 9.72 Å². The predicted molar refractivity (Wildman–Crippen MR) is 76.4 cm³/mol. The van der Waals surface area contributed by atoms with Gasteiger partial charge in [-0.3, -0.25) is 4.79 Å². The third-order valence-electron chi connectivity index (χ3n) is 2.91. The molecule has 0 aliphatic carbocycles. The highest BCUT2D eigenvalue weighted by molar-refractivity contribution is 6.30. The lowest BCUT2D eigenvalue weighted by Gasteiger charge is -2.02. The molecule has 1 N–H and O–H groups in total. The van der Waals surface area contributed by atoms with Crippen molar-refractivity contribution in [1.82, 2.24) is 14.7 Å². The van der Waals surface area contributed by atoms with Crippen molar-refractivity contribution in [2.24, 2.45) is 0 Å². The Morgan fingerprint density at radius 2 is 2.21 bits per heavy atom. The number of imidazole rings is 1. The number of unbranched alkanes of at least 4 members (excludes halogenated alkanes) is 2. The molecule has 0 radical (unpaired) electrons. The molecule has 0 atom stereocenters. The molecule has 2 aromatic heterocycles. The highest BCUT2D eigenvalue weighted by Gasteiger charge is 2.07. The molecule has 0 saturated carbocycles. The second-order valence-corrected chi connectivity index (χ2v) is 5.02. The summed E-state index contributed by atoms with van der Waals surface area (Å²) in [6.07, 6.45) is 7.27. The lowest BCUT2D eigenvalue weighted by Crippen LogP contribution is -2.26. The van der Waals surface area contributed by atoms with Gasteiger partial charge in [-0.15, -0.1) is 0 Å². The minimum absolute atomic E-state index is 0.0191. The maximum absolute atomic E-state index is 11.7. The summed E-state index contributed by atoms with van der Waals surface area (Å²) in [4.78, 5) is 16.1. The van der Waals surface area contributed by atoms with Crippen LogP contribution in [0.3, 0.4) is 0 Å². The standard InChI is InChI=1S/C14H18ClN3O/c1-2-3-4-7-16-14(19)8-12-10-18-9-11(15)5-6-13(18)17-12/h5-6,9-10H,2-4,7-8H2,1H3,(H,16,19). The van der Waals surface area contributed by atoms with Crippen molar-refractivity contribution in [3.8, 4) is 0 Å². The molecular formula is C14H18ClN3O. The first-order chi connectivity index (χ1) is 9.19. The van der Waals surface area contributed by atoms with E-state index in [1.807, 2.05) is 16.7 Å². The van der Waals surface area contributed by atoms with E-state index < -0.39 is 0 Å². The second-order valence-electron chi connectivity index (χ2n) is 4.58. The number of aromatic nitrogens is 2. The maximum Gasteiger partial charge on any atom is 0.226 e. The Labute approximate surface area is 117 Å². The largest absolute Gasteiger partial charge is 0.356 e. The van der Waals surface area contributed by atoms with Gasteiger partial charge in [-0.2, -0.15) is 0 Å². The molecule has 0 spiro atoms. The fourth-order valence-corrected chi connectivity index (χ4v) is 2.10. The van der Waals surface area contributed by atoms with Crippen LogP contribution in [-0.4, -0.2) is 21.8 Å². The molecule has 0 saturated heterocycles. The third kappa shape index (κ3) is 3.96. The van der Waals surface area contributed by atoms with Crippen LogP contribution in [0, 0.1) is 0 Å². The normalized spacial score (nSPS) is 10.8. The number of rotatable bonds is 6. The number of carbonyl (C=O) groups is 1. The maximum atomic E-state index is 11.7. The topological polar surface area (TPSA) is 46.4 Å². The summed E-state index contributed by atoms with van der Waals surface area (Å²) in [7, 11) is 0. The van der Waals surface area contributed by atoms with Gasteiger partial charge in [0, 0.05) is 18.9 Å². The number of hydrogen-bond acceptors (Lipinski definition) is 2. The van der Waals surface area contributed by atoms with Crippen molar-refractivity contribution in [1.29, 1.82) is 0 Å². The number of nitrogens with zero attached hydrogens (tertiary/aromatic N) is 2. The monoisotopic (exact) mass is 279 g/mol. The van der Waals surface area contributed by atoms with Gasteiger partial charge in [0.1, 0.15) is 5.65 Å². The molecule has 2 heterocycles. The number of pyridine rings is 1. The van der Waals surface area contributed by atoms with E-state index >= 15 is 0 Å². The van der Waals surface area contributed by atoms with Crippen molar-refractivity contribution in [3.05, 3.63) is 35.2 Å². The van der Waals surface area contributed by atoms with Crippen LogP contribution in [0.25, 0.3) is 5.65 Å². The molecule has 1 amide bonds. The second kappa shape index (κ2) is 6.57. The van der Waals surface area contributed by atoms with Crippen LogP contribution in [-0.2, 0) is 11.2 Å². The molecule has 19 heavy (non-hydrogen) atoms. The number of carbonyl (C=O) groups excluding carboxylic acids is 1. The predicted octanol–water partition coefficient (Wildman–Crippen LogP) is 2.84. The molecule has 0 aliphatic rings. The summed E-state index contributed by atoms with van der Waals surface area (Å²) in [5, 5.41) is 3.56. The van der Waals surface area contributed by atoms with Gasteiger partial charge in [0.2, 0.25) is 5.91 Å². The quantitative estimate of drug-likeness (QED) is 0.827. The molecule has 0 bridgehead atoms. The smallest absolute Gasteiger partial charge is 0.226 e. The van der Waals surface area contributed by atoms with E-state index in [1.54, 1.807) is 12.3 Å². The van der Waals surface area contributed by atoms with Gasteiger partial charge in [-0.05, 0) is 18.6 Å². The average Bonchev–Trinajstić information content (AvgIpc) is 2.76. The Hall–Kier alpha value is -1.55. The number of halogens is 1. The van der Waals surface area contributed by atoms with Crippen molar-refractivity contribution in [2.75, 3.05) is 6.54 Å². The Morgan fingerprint density at radius 1 is 1.37 bits per heavy atom. The summed E-state index contributed by atoms with van der Waals surface area (Å²) < 4.78 is 1.84. The molecule has 4 nitrogen and oxygen atoms in total. The Bertz CT molecular complexity index is 565. The fourth-order valence-electron chi connectivity index (χ4n) is 1.93. The fraction of sp³-hybridized carbons (Fsp3) is 0.429. The third-order valence-corrected chi connectivity index (χ3v) is 3.13. The Balaban J connectivity index is 1.91. The molecule has 5 heteroatoms.